The van der Waals surface area contributed by atoms with Crippen LogP contribution in [0.3, 0.4) is 0 Å². The summed E-state index contributed by atoms with van der Waals surface area (Å²) in [6, 6.07) is 15.5. The Labute approximate surface area is 137 Å². The number of hydrogen-bond acceptors (Lipinski definition) is 3. The highest BCUT2D eigenvalue weighted by Crippen LogP contribution is 2.27. The van der Waals surface area contributed by atoms with E-state index in [1.165, 1.54) is 12.7 Å². The SMILES string of the molecule is COC(=O)c1cc(-c2ccc(C)cc2)nc2ccc(Br)cc12. The highest BCUT2D eigenvalue weighted by molar-refractivity contribution is 9.10. The monoisotopic (exact) mass is 355 g/mol. The van der Waals surface area contributed by atoms with Gasteiger partial charge in [0.05, 0.1) is 23.9 Å². The number of fused-ring (bicyclic) bond motifs is 1. The van der Waals surface area contributed by atoms with Crippen LogP contribution in [0.2, 0.25) is 0 Å². The lowest BCUT2D eigenvalue weighted by Gasteiger charge is -2.09. The predicted molar refractivity (Wildman–Crippen MR) is 91.0 cm³/mol. The van der Waals surface area contributed by atoms with Gasteiger partial charge in [-0.05, 0) is 31.2 Å². The number of aromatic nitrogens is 1. The van der Waals surface area contributed by atoms with Gasteiger partial charge in [-0.15, -0.1) is 0 Å². The van der Waals surface area contributed by atoms with E-state index in [0.717, 1.165) is 26.6 Å². The zero-order valence-corrected chi connectivity index (χ0v) is 13.8. The minimum atomic E-state index is -0.362. The molecule has 22 heavy (non-hydrogen) atoms. The number of ether oxygens (including phenoxy) is 1. The Morgan fingerprint density at radius 2 is 1.82 bits per heavy atom. The molecule has 0 radical (unpaired) electrons. The van der Waals surface area contributed by atoms with Crippen molar-refractivity contribution in [1.29, 1.82) is 0 Å². The summed E-state index contributed by atoms with van der Waals surface area (Å²) in [4.78, 5) is 16.8. The average Bonchev–Trinajstić information content (AvgIpc) is 2.54. The lowest BCUT2D eigenvalue weighted by atomic mass is 10.0. The van der Waals surface area contributed by atoms with Crippen molar-refractivity contribution >= 4 is 32.8 Å². The second-order valence-electron chi connectivity index (χ2n) is 5.07. The summed E-state index contributed by atoms with van der Waals surface area (Å²) in [5, 5.41) is 0.775. The number of nitrogens with zero attached hydrogens (tertiary/aromatic N) is 1. The third-order valence-electron chi connectivity index (χ3n) is 3.52. The van der Waals surface area contributed by atoms with Gasteiger partial charge in [0.1, 0.15) is 0 Å². The van der Waals surface area contributed by atoms with E-state index in [9.17, 15) is 4.79 Å². The fourth-order valence-electron chi connectivity index (χ4n) is 2.35. The Morgan fingerprint density at radius 1 is 1.09 bits per heavy atom. The van der Waals surface area contributed by atoms with E-state index in [1.54, 1.807) is 6.07 Å². The number of halogens is 1. The Morgan fingerprint density at radius 3 is 2.50 bits per heavy atom. The van der Waals surface area contributed by atoms with Gasteiger partial charge >= 0.3 is 5.97 Å². The zero-order chi connectivity index (χ0) is 15.7. The molecular weight excluding hydrogens is 342 g/mol. The van der Waals surface area contributed by atoms with E-state index in [1.807, 2.05) is 49.4 Å². The molecule has 0 amide bonds. The molecule has 110 valence electrons. The number of pyridine rings is 1. The van der Waals surface area contributed by atoms with Crippen molar-refractivity contribution in [1.82, 2.24) is 4.98 Å². The average molecular weight is 356 g/mol. The van der Waals surface area contributed by atoms with Crippen molar-refractivity contribution in [2.24, 2.45) is 0 Å². The van der Waals surface area contributed by atoms with Crippen LogP contribution in [0.15, 0.2) is 53.0 Å². The normalized spacial score (nSPS) is 10.7. The van der Waals surface area contributed by atoms with E-state index >= 15 is 0 Å². The summed E-state index contributed by atoms with van der Waals surface area (Å²) in [5.74, 6) is -0.362. The van der Waals surface area contributed by atoms with Crippen LogP contribution in [0.1, 0.15) is 15.9 Å². The number of aryl methyl sites for hydroxylation is 1. The largest absolute Gasteiger partial charge is 0.465 e. The number of methoxy groups -OCH3 is 1. The fourth-order valence-corrected chi connectivity index (χ4v) is 2.71. The Balaban J connectivity index is 2.26. The molecule has 0 saturated carbocycles. The standard InChI is InChI=1S/C18H14BrNO2/c1-11-3-5-12(6-4-11)17-10-15(18(21)22-2)14-9-13(19)7-8-16(14)20-17/h3-10H,1-2H3. The van der Waals surface area contributed by atoms with Gasteiger partial charge in [0, 0.05) is 15.4 Å². The van der Waals surface area contributed by atoms with E-state index in [4.69, 9.17) is 4.74 Å². The molecule has 0 spiro atoms. The van der Waals surface area contributed by atoms with Crippen molar-refractivity contribution in [2.75, 3.05) is 7.11 Å². The number of esters is 1. The molecule has 2 aromatic carbocycles. The molecule has 3 nitrogen and oxygen atoms in total. The Kier molecular flexibility index (Phi) is 3.94. The smallest absolute Gasteiger partial charge is 0.338 e. The van der Waals surface area contributed by atoms with Crippen LogP contribution in [0.4, 0.5) is 0 Å². The van der Waals surface area contributed by atoms with Gasteiger partial charge in [0.2, 0.25) is 0 Å². The van der Waals surface area contributed by atoms with Crippen LogP contribution >= 0.6 is 15.9 Å². The second kappa shape index (κ2) is 5.89. The minimum Gasteiger partial charge on any atom is -0.465 e. The zero-order valence-electron chi connectivity index (χ0n) is 12.3. The molecule has 0 N–H and O–H groups in total. The van der Waals surface area contributed by atoms with Gasteiger partial charge in [-0.2, -0.15) is 0 Å². The molecule has 0 bridgehead atoms. The number of carbonyl (C=O) groups excluding carboxylic acids is 1. The summed E-state index contributed by atoms with van der Waals surface area (Å²) in [5.41, 5.74) is 4.20. The highest BCUT2D eigenvalue weighted by atomic mass is 79.9. The Bertz CT molecular complexity index is 857. The molecule has 3 rings (SSSR count). The third-order valence-corrected chi connectivity index (χ3v) is 4.02. The molecule has 0 unspecified atom stereocenters. The lowest BCUT2D eigenvalue weighted by Crippen LogP contribution is -2.04. The van der Waals surface area contributed by atoms with Gasteiger partial charge in [-0.1, -0.05) is 45.8 Å². The molecule has 0 atom stereocenters. The van der Waals surface area contributed by atoms with Gasteiger partial charge < -0.3 is 4.74 Å². The second-order valence-corrected chi connectivity index (χ2v) is 5.99. The van der Waals surface area contributed by atoms with Crippen molar-refractivity contribution in [3.63, 3.8) is 0 Å². The van der Waals surface area contributed by atoms with E-state index < -0.39 is 0 Å². The molecule has 1 heterocycles. The van der Waals surface area contributed by atoms with Crippen LogP contribution in [0.25, 0.3) is 22.2 Å². The van der Waals surface area contributed by atoms with Crippen LogP contribution < -0.4 is 0 Å². The van der Waals surface area contributed by atoms with Gasteiger partial charge in [0.15, 0.2) is 0 Å². The summed E-state index contributed by atoms with van der Waals surface area (Å²) >= 11 is 3.43. The van der Waals surface area contributed by atoms with Crippen LogP contribution in [0.5, 0.6) is 0 Å². The molecule has 0 aliphatic carbocycles. The highest BCUT2D eigenvalue weighted by Gasteiger charge is 2.14. The number of hydrogen-bond donors (Lipinski definition) is 0. The van der Waals surface area contributed by atoms with Gasteiger partial charge in [-0.3, -0.25) is 0 Å². The summed E-state index contributed by atoms with van der Waals surface area (Å²) in [7, 11) is 1.39. The number of rotatable bonds is 2. The Hall–Kier alpha value is -2.20. The first-order chi connectivity index (χ1) is 10.6. The molecular formula is C18H14BrNO2. The van der Waals surface area contributed by atoms with E-state index in [-0.39, 0.29) is 5.97 Å². The maximum atomic E-state index is 12.1. The van der Waals surface area contributed by atoms with Gasteiger partial charge in [0.25, 0.3) is 0 Å². The molecule has 4 heteroatoms. The first-order valence-corrected chi connectivity index (χ1v) is 7.63. The first kappa shape index (κ1) is 14.7. The summed E-state index contributed by atoms with van der Waals surface area (Å²) in [6.45, 7) is 2.04. The molecule has 0 aliphatic heterocycles. The minimum absolute atomic E-state index is 0.362. The first-order valence-electron chi connectivity index (χ1n) is 6.84. The van der Waals surface area contributed by atoms with Crippen molar-refractivity contribution < 1.29 is 9.53 Å². The lowest BCUT2D eigenvalue weighted by molar-refractivity contribution is 0.0603. The van der Waals surface area contributed by atoms with Crippen molar-refractivity contribution in [3.8, 4) is 11.3 Å². The van der Waals surface area contributed by atoms with Crippen LogP contribution in [-0.2, 0) is 4.74 Å². The van der Waals surface area contributed by atoms with E-state index in [2.05, 4.69) is 20.9 Å². The maximum Gasteiger partial charge on any atom is 0.338 e. The molecule has 3 aromatic rings. The van der Waals surface area contributed by atoms with E-state index in [0.29, 0.717) is 5.56 Å². The molecule has 0 saturated heterocycles. The van der Waals surface area contributed by atoms with Crippen LogP contribution in [0, 0.1) is 6.92 Å². The molecule has 1 aromatic heterocycles. The number of carbonyl (C=O) groups is 1. The topological polar surface area (TPSA) is 39.2 Å². The predicted octanol–water partition coefficient (Wildman–Crippen LogP) is 4.76. The molecule has 0 aliphatic rings. The fraction of sp³-hybridized carbons (Fsp3) is 0.111. The van der Waals surface area contributed by atoms with Crippen molar-refractivity contribution in [3.05, 3.63) is 64.1 Å². The maximum absolute atomic E-state index is 12.1. The molecule has 0 fully saturated rings. The quantitative estimate of drug-likeness (QED) is 0.622. The number of benzene rings is 2. The van der Waals surface area contributed by atoms with Crippen LogP contribution in [-0.4, -0.2) is 18.1 Å². The van der Waals surface area contributed by atoms with Gasteiger partial charge in [-0.25, -0.2) is 9.78 Å². The summed E-state index contributed by atoms with van der Waals surface area (Å²) in [6.07, 6.45) is 0. The third kappa shape index (κ3) is 2.74. The summed E-state index contributed by atoms with van der Waals surface area (Å²) < 4.78 is 5.81. The van der Waals surface area contributed by atoms with Crippen molar-refractivity contribution in [2.45, 2.75) is 6.92 Å².